The second-order valence-corrected chi connectivity index (χ2v) is 5.26. The lowest BCUT2D eigenvalue weighted by molar-refractivity contribution is -0.645. The maximum atomic E-state index is 12.6. The second kappa shape index (κ2) is 7.75. The van der Waals surface area contributed by atoms with Gasteiger partial charge >= 0.3 is 0 Å². The van der Waals surface area contributed by atoms with Crippen molar-refractivity contribution in [1.82, 2.24) is 9.36 Å². The van der Waals surface area contributed by atoms with Crippen molar-refractivity contribution in [2.24, 2.45) is 7.05 Å². The molecule has 0 radical (unpaired) electrons. The molecule has 0 saturated heterocycles. The molecule has 124 valence electrons. The van der Waals surface area contributed by atoms with Crippen LogP contribution in [0.2, 0.25) is 0 Å². The molecule has 0 aliphatic heterocycles. The molecule has 0 aliphatic carbocycles. The Bertz CT molecular complexity index is 719. The number of quaternary nitrogens is 1. The van der Waals surface area contributed by atoms with Gasteiger partial charge in [0.2, 0.25) is 0 Å². The summed E-state index contributed by atoms with van der Waals surface area (Å²) in [5.74, 6) is -0.202. The van der Waals surface area contributed by atoms with Crippen molar-refractivity contribution in [3.05, 3.63) is 46.4 Å². The zero-order chi connectivity index (χ0) is 16.8. The van der Waals surface area contributed by atoms with Gasteiger partial charge < -0.3 is 15.4 Å². The fraction of sp³-hybridized carbons (Fsp3) is 0.375. The highest BCUT2D eigenvalue weighted by Crippen LogP contribution is 2.13. The Hall–Kier alpha value is -2.38. The number of anilines is 1. The lowest BCUT2D eigenvalue weighted by atomic mass is 10.3. The summed E-state index contributed by atoms with van der Waals surface area (Å²) in [7, 11) is 3.41. The Morgan fingerprint density at radius 2 is 2.00 bits per heavy atom. The van der Waals surface area contributed by atoms with Crippen LogP contribution >= 0.6 is 0 Å². The van der Waals surface area contributed by atoms with Gasteiger partial charge in [-0.05, 0) is 19.1 Å². The van der Waals surface area contributed by atoms with Gasteiger partial charge in [-0.1, -0.05) is 18.2 Å². The van der Waals surface area contributed by atoms with Crippen LogP contribution < -0.4 is 16.2 Å². The first-order valence-electron chi connectivity index (χ1n) is 7.50. The Kier molecular flexibility index (Phi) is 5.72. The highest BCUT2D eigenvalue weighted by molar-refractivity contribution is 5.91. The molecule has 1 amide bonds. The molecule has 7 heteroatoms. The summed E-state index contributed by atoms with van der Waals surface area (Å²) in [6, 6.07) is 9.33. The average molecular weight is 319 g/mol. The van der Waals surface area contributed by atoms with E-state index in [1.165, 1.54) is 0 Å². The first-order valence-corrected chi connectivity index (χ1v) is 7.50. The molecule has 0 aliphatic rings. The zero-order valence-corrected chi connectivity index (χ0v) is 13.7. The van der Waals surface area contributed by atoms with E-state index in [0.717, 1.165) is 5.69 Å². The molecule has 1 heterocycles. The fourth-order valence-electron chi connectivity index (χ4n) is 2.34. The smallest absolute Gasteiger partial charge is 0.295 e. The van der Waals surface area contributed by atoms with Gasteiger partial charge in [-0.25, -0.2) is 4.68 Å². The van der Waals surface area contributed by atoms with Crippen LogP contribution in [0.4, 0.5) is 5.69 Å². The highest BCUT2D eigenvalue weighted by atomic mass is 16.5. The number of methoxy groups -OCH3 is 1. The van der Waals surface area contributed by atoms with Crippen molar-refractivity contribution in [2.75, 3.05) is 32.1 Å². The van der Waals surface area contributed by atoms with Crippen molar-refractivity contribution < 1.29 is 14.8 Å². The lowest BCUT2D eigenvalue weighted by Gasteiger charge is -2.07. The molecule has 0 atom stereocenters. The number of ether oxygens (including phenoxy) is 1. The number of hydrogen-bond donors (Lipinski definition) is 2. The van der Waals surface area contributed by atoms with Crippen LogP contribution in [0.1, 0.15) is 5.69 Å². The van der Waals surface area contributed by atoms with E-state index in [4.69, 9.17) is 4.74 Å². The second-order valence-electron chi connectivity index (χ2n) is 5.26. The first-order chi connectivity index (χ1) is 11.1. The molecule has 2 rings (SSSR count). The van der Waals surface area contributed by atoms with Gasteiger partial charge in [0.1, 0.15) is 5.69 Å². The maximum Gasteiger partial charge on any atom is 0.295 e. The first kappa shape index (κ1) is 17.0. The topological polar surface area (TPSA) is 81.9 Å². The van der Waals surface area contributed by atoms with E-state index >= 15 is 0 Å². The van der Waals surface area contributed by atoms with Gasteiger partial charge in [-0.3, -0.25) is 14.3 Å². The van der Waals surface area contributed by atoms with Gasteiger partial charge in [0, 0.05) is 14.2 Å². The van der Waals surface area contributed by atoms with E-state index in [0.29, 0.717) is 24.5 Å². The molecular formula is C16H23N4O3+. The summed E-state index contributed by atoms with van der Waals surface area (Å²) in [6.07, 6.45) is 0. The molecule has 7 nitrogen and oxygen atoms in total. The van der Waals surface area contributed by atoms with E-state index in [9.17, 15) is 9.59 Å². The molecule has 0 saturated carbocycles. The Balaban J connectivity index is 2.18. The van der Waals surface area contributed by atoms with Crippen molar-refractivity contribution in [2.45, 2.75) is 6.92 Å². The number of benzene rings is 1. The van der Waals surface area contributed by atoms with Crippen molar-refractivity contribution in [3.63, 3.8) is 0 Å². The minimum atomic E-state index is -0.235. The monoisotopic (exact) mass is 319 g/mol. The van der Waals surface area contributed by atoms with Crippen LogP contribution in [0.3, 0.4) is 0 Å². The summed E-state index contributed by atoms with van der Waals surface area (Å²) >= 11 is 0. The van der Waals surface area contributed by atoms with E-state index in [-0.39, 0.29) is 18.0 Å². The van der Waals surface area contributed by atoms with Crippen molar-refractivity contribution in [1.29, 1.82) is 0 Å². The number of rotatable bonds is 7. The standard InChI is InChI=1S/C16H22N4O3/c1-12-15(18-14(21)11-17-9-10-23-3)16(22)20(19(12)2)13-7-5-4-6-8-13/h4-8,17H,9-11H2,1-3H3,(H,18,21)/p+1. The van der Waals surface area contributed by atoms with Crippen molar-refractivity contribution in [3.8, 4) is 5.69 Å². The minimum Gasteiger partial charge on any atom is -0.379 e. The average Bonchev–Trinajstić information content (AvgIpc) is 2.76. The number of para-hydroxylation sites is 1. The quantitative estimate of drug-likeness (QED) is 0.683. The predicted octanol–water partition coefficient (Wildman–Crippen LogP) is -0.367. The van der Waals surface area contributed by atoms with Gasteiger partial charge in [-0.15, -0.1) is 0 Å². The number of hydrogen-bond acceptors (Lipinski definition) is 3. The van der Waals surface area contributed by atoms with E-state index in [2.05, 4.69) is 5.32 Å². The molecule has 1 aromatic carbocycles. The van der Waals surface area contributed by atoms with Crippen LogP contribution in [0.5, 0.6) is 0 Å². The van der Waals surface area contributed by atoms with Crippen LogP contribution in [0, 0.1) is 6.92 Å². The number of amides is 1. The number of nitrogens with one attached hydrogen (secondary N) is 1. The Morgan fingerprint density at radius 3 is 2.65 bits per heavy atom. The molecule has 2 aromatic rings. The van der Waals surface area contributed by atoms with Crippen LogP contribution in [-0.4, -0.2) is 42.1 Å². The molecule has 0 fully saturated rings. The number of carbonyl (C=O) groups is 1. The van der Waals surface area contributed by atoms with Gasteiger partial charge in [0.05, 0.1) is 24.5 Å². The minimum absolute atomic E-state index is 0.202. The SMILES string of the molecule is COCC[NH2+]CC(=O)Nc1c(C)n(C)n(-c2ccccc2)c1=O. The van der Waals surface area contributed by atoms with Crippen molar-refractivity contribution >= 4 is 11.6 Å². The molecule has 3 N–H and O–H groups in total. The maximum absolute atomic E-state index is 12.6. The largest absolute Gasteiger partial charge is 0.379 e. The summed E-state index contributed by atoms with van der Waals surface area (Å²) in [5.41, 5.74) is 1.56. The van der Waals surface area contributed by atoms with Gasteiger partial charge in [-0.2, -0.15) is 0 Å². The van der Waals surface area contributed by atoms with Gasteiger partial charge in [0.15, 0.2) is 6.54 Å². The summed E-state index contributed by atoms with van der Waals surface area (Å²) in [4.78, 5) is 24.6. The summed E-state index contributed by atoms with van der Waals surface area (Å²) in [6.45, 7) is 3.35. The number of aromatic nitrogens is 2. The summed E-state index contributed by atoms with van der Waals surface area (Å²) < 4.78 is 8.21. The molecule has 0 spiro atoms. The Morgan fingerprint density at radius 1 is 1.30 bits per heavy atom. The molecular weight excluding hydrogens is 296 g/mol. The van der Waals surface area contributed by atoms with Crippen LogP contribution in [0.15, 0.2) is 35.1 Å². The van der Waals surface area contributed by atoms with E-state index in [1.807, 2.05) is 42.6 Å². The number of carbonyl (C=O) groups excluding carboxylic acids is 1. The normalized spacial score (nSPS) is 10.7. The lowest BCUT2D eigenvalue weighted by Crippen LogP contribution is -2.87. The Labute approximate surface area is 134 Å². The zero-order valence-electron chi connectivity index (χ0n) is 13.7. The number of nitrogens with two attached hydrogens (primary N) is 1. The van der Waals surface area contributed by atoms with Crippen LogP contribution in [0.25, 0.3) is 5.69 Å². The third kappa shape index (κ3) is 3.88. The molecule has 0 unspecified atom stereocenters. The van der Waals surface area contributed by atoms with E-state index in [1.54, 1.807) is 23.5 Å². The predicted molar refractivity (Wildman–Crippen MR) is 87.9 cm³/mol. The third-order valence-electron chi connectivity index (χ3n) is 3.67. The molecule has 23 heavy (non-hydrogen) atoms. The molecule has 0 bridgehead atoms. The highest BCUT2D eigenvalue weighted by Gasteiger charge is 2.18. The summed E-state index contributed by atoms with van der Waals surface area (Å²) in [5, 5.41) is 4.56. The molecule has 1 aromatic heterocycles. The van der Waals surface area contributed by atoms with Crippen LogP contribution in [-0.2, 0) is 16.6 Å². The fourth-order valence-corrected chi connectivity index (χ4v) is 2.34. The number of nitrogens with zero attached hydrogens (tertiary/aromatic N) is 2. The third-order valence-corrected chi connectivity index (χ3v) is 3.67. The van der Waals surface area contributed by atoms with Gasteiger partial charge in [0.25, 0.3) is 11.5 Å². The van der Waals surface area contributed by atoms with E-state index < -0.39 is 0 Å².